The zero-order valence-corrected chi connectivity index (χ0v) is 13.1. The molecule has 8 heteroatoms. The van der Waals surface area contributed by atoms with Crippen LogP contribution in [0.5, 0.6) is 0 Å². The van der Waals surface area contributed by atoms with Crippen LogP contribution in [-0.4, -0.2) is 37.8 Å². The predicted molar refractivity (Wildman–Crippen MR) is 88.9 cm³/mol. The lowest BCUT2D eigenvalue weighted by atomic mass is 9.96. The SMILES string of the molecule is NC1=CN(C2CCNc3ccccc32)C(Cl)C(n2nccn2)=N1. The summed E-state index contributed by atoms with van der Waals surface area (Å²) >= 11 is 6.68. The van der Waals surface area contributed by atoms with E-state index < -0.39 is 5.50 Å². The average molecular weight is 330 g/mol. The number of alkyl halides is 1. The van der Waals surface area contributed by atoms with Crippen LogP contribution in [-0.2, 0) is 0 Å². The maximum atomic E-state index is 6.68. The number of benzene rings is 1. The van der Waals surface area contributed by atoms with Crippen molar-refractivity contribution in [2.24, 2.45) is 10.7 Å². The van der Waals surface area contributed by atoms with Gasteiger partial charge >= 0.3 is 0 Å². The molecule has 1 aromatic heterocycles. The van der Waals surface area contributed by atoms with Gasteiger partial charge in [0.2, 0.25) is 0 Å². The van der Waals surface area contributed by atoms with Crippen LogP contribution in [0.3, 0.4) is 0 Å². The first-order valence-corrected chi connectivity index (χ1v) is 7.84. The van der Waals surface area contributed by atoms with Gasteiger partial charge in [-0.15, -0.1) is 4.80 Å². The van der Waals surface area contributed by atoms with Gasteiger partial charge in [-0.3, -0.25) is 0 Å². The fourth-order valence-corrected chi connectivity index (χ4v) is 3.37. The van der Waals surface area contributed by atoms with E-state index in [-0.39, 0.29) is 6.04 Å². The minimum atomic E-state index is -0.495. The monoisotopic (exact) mass is 329 g/mol. The molecule has 0 bridgehead atoms. The fraction of sp³-hybridized carbons (Fsp3) is 0.267. The summed E-state index contributed by atoms with van der Waals surface area (Å²) in [6, 6.07) is 8.36. The van der Waals surface area contributed by atoms with Crippen molar-refractivity contribution < 1.29 is 0 Å². The number of hydrogen-bond acceptors (Lipinski definition) is 6. The molecule has 2 unspecified atom stereocenters. The number of para-hydroxylation sites is 1. The van der Waals surface area contributed by atoms with Gasteiger partial charge in [0, 0.05) is 18.4 Å². The molecule has 0 amide bonds. The van der Waals surface area contributed by atoms with E-state index in [1.54, 1.807) is 18.6 Å². The van der Waals surface area contributed by atoms with E-state index in [9.17, 15) is 0 Å². The van der Waals surface area contributed by atoms with Crippen molar-refractivity contribution in [1.82, 2.24) is 19.9 Å². The van der Waals surface area contributed by atoms with Crippen molar-refractivity contribution in [3.63, 3.8) is 0 Å². The van der Waals surface area contributed by atoms with Crippen LogP contribution < -0.4 is 11.1 Å². The summed E-state index contributed by atoms with van der Waals surface area (Å²) in [5, 5.41) is 11.6. The van der Waals surface area contributed by atoms with Crippen LogP contribution in [0.25, 0.3) is 0 Å². The van der Waals surface area contributed by atoms with Crippen LogP contribution >= 0.6 is 11.6 Å². The first-order valence-electron chi connectivity index (χ1n) is 7.41. The number of aromatic nitrogens is 3. The van der Waals surface area contributed by atoms with Gasteiger partial charge in [-0.05, 0) is 18.1 Å². The Hall–Kier alpha value is -2.54. The molecule has 0 radical (unpaired) electrons. The molecule has 0 saturated heterocycles. The lowest BCUT2D eigenvalue weighted by Gasteiger charge is -2.39. The lowest BCUT2D eigenvalue weighted by molar-refractivity contribution is 0.270. The highest BCUT2D eigenvalue weighted by atomic mass is 35.5. The Morgan fingerprint density at radius 1 is 1.22 bits per heavy atom. The summed E-state index contributed by atoms with van der Waals surface area (Å²) < 4.78 is 0. The fourth-order valence-electron chi connectivity index (χ4n) is 3.05. The molecule has 2 aliphatic rings. The largest absolute Gasteiger partial charge is 0.385 e. The van der Waals surface area contributed by atoms with Gasteiger partial charge in [-0.25, -0.2) is 4.99 Å². The van der Waals surface area contributed by atoms with E-state index in [0.717, 1.165) is 18.7 Å². The zero-order valence-electron chi connectivity index (χ0n) is 12.3. The minimum absolute atomic E-state index is 0.120. The number of aliphatic imine (C=N–C) groups is 1. The topological polar surface area (TPSA) is 84.4 Å². The minimum Gasteiger partial charge on any atom is -0.385 e. The summed E-state index contributed by atoms with van der Waals surface area (Å²) in [5.41, 5.74) is 7.83. The maximum Gasteiger partial charge on any atom is 0.191 e. The molecule has 3 heterocycles. The normalized spacial score (nSPS) is 23.6. The molecule has 0 fully saturated rings. The molecule has 2 aromatic rings. The zero-order chi connectivity index (χ0) is 15.8. The summed E-state index contributed by atoms with van der Waals surface area (Å²) in [4.78, 5) is 7.76. The third-order valence-electron chi connectivity index (χ3n) is 4.04. The molecule has 0 spiro atoms. The average Bonchev–Trinajstić information content (AvgIpc) is 3.10. The Bertz CT molecular complexity index is 768. The number of hydrogen-bond donors (Lipinski definition) is 2. The summed E-state index contributed by atoms with van der Waals surface area (Å²) in [7, 11) is 0. The van der Waals surface area contributed by atoms with Gasteiger partial charge in [0.15, 0.2) is 11.3 Å². The number of halogens is 1. The van der Waals surface area contributed by atoms with Gasteiger partial charge in [-0.2, -0.15) is 10.2 Å². The number of nitrogens with two attached hydrogens (primary N) is 1. The van der Waals surface area contributed by atoms with Crippen molar-refractivity contribution in [2.75, 3.05) is 11.9 Å². The maximum absolute atomic E-state index is 6.68. The van der Waals surface area contributed by atoms with E-state index in [2.05, 4.69) is 32.6 Å². The molecule has 4 rings (SSSR count). The second-order valence-electron chi connectivity index (χ2n) is 5.44. The highest BCUT2D eigenvalue weighted by molar-refractivity contribution is 6.31. The van der Waals surface area contributed by atoms with Gasteiger partial charge in [0.05, 0.1) is 18.4 Å². The van der Waals surface area contributed by atoms with E-state index >= 15 is 0 Å². The van der Waals surface area contributed by atoms with E-state index in [1.165, 1.54) is 10.4 Å². The molecule has 0 aliphatic carbocycles. The highest BCUT2D eigenvalue weighted by Gasteiger charge is 2.34. The Morgan fingerprint density at radius 3 is 2.83 bits per heavy atom. The molecule has 2 atom stereocenters. The first-order chi connectivity index (χ1) is 11.2. The highest BCUT2D eigenvalue weighted by Crippen LogP contribution is 2.37. The summed E-state index contributed by atoms with van der Waals surface area (Å²) in [5.74, 6) is 0.901. The van der Waals surface area contributed by atoms with E-state index in [4.69, 9.17) is 17.3 Å². The molecule has 0 saturated carbocycles. The molecule has 3 N–H and O–H groups in total. The Morgan fingerprint density at radius 2 is 2.00 bits per heavy atom. The number of rotatable bonds is 1. The quantitative estimate of drug-likeness (QED) is 0.614. The van der Waals surface area contributed by atoms with Gasteiger partial charge in [0.25, 0.3) is 0 Å². The molecular weight excluding hydrogens is 314 g/mol. The van der Waals surface area contributed by atoms with E-state index in [0.29, 0.717) is 11.7 Å². The standard InChI is InChI=1S/C15H16ClN7/c16-14-15(23-19-7-8-20-23)21-13(17)9-22(14)12-5-6-18-11-4-2-1-3-10(11)12/h1-4,7-9,12,14,18H,5-6,17H2. The van der Waals surface area contributed by atoms with Crippen molar-refractivity contribution in [3.8, 4) is 0 Å². The first kappa shape index (κ1) is 14.1. The third kappa shape index (κ3) is 2.43. The van der Waals surface area contributed by atoms with Crippen LogP contribution in [0.4, 0.5) is 5.69 Å². The van der Waals surface area contributed by atoms with Crippen LogP contribution in [0.15, 0.2) is 53.7 Å². The summed E-state index contributed by atoms with van der Waals surface area (Å²) in [6.07, 6.45) is 5.90. The van der Waals surface area contributed by atoms with E-state index in [1.807, 2.05) is 17.0 Å². The Balaban J connectivity index is 1.72. The Kier molecular flexibility index (Phi) is 3.42. The van der Waals surface area contributed by atoms with Crippen LogP contribution in [0.1, 0.15) is 18.0 Å². The van der Waals surface area contributed by atoms with Crippen LogP contribution in [0.2, 0.25) is 0 Å². The number of fused-ring (bicyclic) bond motifs is 1. The van der Waals surface area contributed by atoms with Crippen molar-refractivity contribution >= 4 is 23.1 Å². The number of nitrogens with one attached hydrogen (secondary N) is 1. The molecular formula is C15H16ClN7. The molecule has 7 nitrogen and oxygen atoms in total. The molecule has 23 heavy (non-hydrogen) atoms. The second kappa shape index (κ2) is 5.58. The van der Waals surface area contributed by atoms with Crippen molar-refractivity contribution in [2.45, 2.75) is 18.0 Å². The number of anilines is 1. The van der Waals surface area contributed by atoms with Crippen molar-refractivity contribution in [3.05, 3.63) is 54.2 Å². The van der Waals surface area contributed by atoms with Gasteiger partial charge < -0.3 is 16.0 Å². The molecule has 2 aliphatic heterocycles. The second-order valence-corrected chi connectivity index (χ2v) is 5.86. The Labute approximate surface area is 138 Å². The van der Waals surface area contributed by atoms with Crippen molar-refractivity contribution in [1.29, 1.82) is 0 Å². The molecule has 118 valence electrons. The third-order valence-corrected chi connectivity index (χ3v) is 4.46. The predicted octanol–water partition coefficient (Wildman–Crippen LogP) is 1.72. The van der Waals surface area contributed by atoms with Gasteiger partial charge in [-0.1, -0.05) is 29.8 Å². The molecule has 1 aromatic carbocycles. The smallest absolute Gasteiger partial charge is 0.191 e. The number of nitrogens with zero attached hydrogens (tertiary/aromatic N) is 5. The van der Waals surface area contributed by atoms with Crippen LogP contribution in [0, 0.1) is 0 Å². The lowest BCUT2D eigenvalue weighted by Crippen LogP contribution is -2.44. The summed E-state index contributed by atoms with van der Waals surface area (Å²) in [6.45, 7) is 0.877. The van der Waals surface area contributed by atoms with Gasteiger partial charge in [0.1, 0.15) is 5.82 Å².